The highest BCUT2D eigenvalue weighted by molar-refractivity contribution is 9.24. The minimum Gasteiger partial charge on any atom is -0.0761 e. The minimum absolute atomic E-state index is 0.386. The van der Waals surface area contributed by atoms with Crippen LogP contribution in [-0.4, -0.2) is 3.74 Å². The summed E-state index contributed by atoms with van der Waals surface area (Å²) in [5.74, 6) is 0. The Morgan fingerprint density at radius 2 is 2.09 bits per heavy atom. The maximum atomic E-state index is 3.45. The van der Waals surface area contributed by atoms with Gasteiger partial charge >= 0.3 is 0 Å². The number of benzene rings is 1. The average Bonchev–Trinajstić information content (AvgIpc) is 1.85. The van der Waals surface area contributed by atoms with E-state index < -0.39 is 0 Å². The highest BCUT2D eigenvalue weighted by Gasteiger charge is 1.99. The predicted octanol–water partition coefficient (Wildman–Crippen LogP) is 3.65. The quantitative estimate of drug-likeness (QED) is 0.724. The van der Waals surface area contributed by atoms with Gasteiger partial charge in [-0.2, -0.15) is 0 Å². The molecule has 0 aromatic heterocycles. The van der Waals surface area contributed by atoms with Crippen molar-refractivity contribution < 1.29 is 0 Å². The van der Waals surface area contributed by atoms with Crippen molar-refractivity contribution in [3.63, 3.8) is 0 Å². The fourth-order valence-electron chi connectivity index (χ4n) is 1.02. The third-order valence-corrected chi connectivity index (χ3v) is 2.12. The van der Waals surface area contributed by atoms with Gasteiger partial charge in [-0.3, -0.25) is 0 Å². The van der Waals surface area contributed by atoms with Gasteiger partial charge in [0.15, 0.2) is 0 Å². The van der Waals surface area contributed by atoms with Crippen LogP contribution < -0.4 is 0 Å². The van der Waals surface area contributed by atoms with Crippen molar-refractivity contribution >= 4 is 31.9 Å². The van der Waals surface area contributed by atoms with Crippen LogP contribution in [0.15, 0.2) is 24.3 Å². The van der Waals surface area contributed by atoms with Crippen LogP contribution in [0.2, 0.25) is 0 Å². The molecule has 0 aliphatic carbocycles. The summed E-state index contributed by atoms with van der Waals surface area (Å²) < 4.78 is 0.386. The zero-order valence-corrected chi connectivity index (χ0v) is 9.52. The van der Waals surface area contributed by atoms with Gasteiger partial charge in [0.1, 0.15) is 0 Å². The summed E-state index contributed by atoms with van der Waals surface area (Å²) in [5, 5.41) is 0. The van der Waals surface area contributed by atoms with E-state index in [1.165, 1.54) is 11.1 Å². The molecule has 0 unspecified atom stereocenters. The van der Waals surface area contributed by atoms with E-state index in [9.17, 15) is 0 Å². The molecule has 1 aromatic carbocycles. The Balaban J connectivity index is 2.71. The fourth-order valence-corrected chi connectivity index (χ4v) is 1.76. The summed E-state index contributed by atoms with van der Waals surface area (Å²) in [6.07, 6.45) is 1.03. The lowest BCUT2D eigenvalue weighted by atomic mass is 10.1. The first-order valence-corrected chi connectivity index (χ1v) is 5.35. The van der Waals surface area contributed by atoms with E-state index in [1.807, 2.05) is 0 Å². The van der Waals surface area contributed by atoms with E-state index in [0.717, 1.165) is 6.42 Å². The van der Waals surface area contributed by atoms with Crippen molar-refractivity contribution in [2.75, 3.05) is 0 Å². The van der Waals surface area contributed by atoms with Crippen LogP contribution in [0.5, 0.6) is 0 Å². The van der Waals surface area contributed by atoms with E-state index in [-0.39, 0.29) is 0 Å². The zero-order chi connectivity index (χ0) is 8.27. The molecular formula is C9H10Br2. The standard InChI is InChI=1S/C9H10Br2/c1-7-3-2-4-8(5-7)6-9(10)11/h2-5,9H,6H2,1H3. The molecule has 11 heavy (non-hydrogen) atoms. The van der Waals surface area contributed by atoms with Crippen LogP contribution in [0.4, 0.5) is 0 Å². The topological polar surface area (TPSA) is 0 Å². The molecule has 0 atom stereocenters. The molecule has 0 fully saturated rings. The Morgan fingerprint density at radius 3 is 2.64 bits per heavy atom. The molecule has 1 aromatic rings. The molecule has 0 radical (unpaired) electrons. The summed E-state index contributed by atoms with van der Waals surface area (Å²) in [5.41, 5.74) is 2.69. The Kier molecular flexibility index (Phi) is 3.60. The van der Waals surface area contributed by atoms with Crippen molar-refractivity contribution in [1.29, 1.82) is 0 Å². The first-order chi connectivity index (χ1) is 5.18. The molecule has 60 valence electrons. The van der Waals surface area contributed by atoms with E-state index >= 15 is 0 Å². The van der Waals surface area contributed by atoms with Crippen molar-refractivity contribution in [2.24, 2.45) is 0 Å². The molecule has 0 nitrogen and oxygen atoms in total. The van der Waals surface area contributed by atoms with Gasteiger partial charge in [-0.05, 0) is 18.9 Å². The van der Waals surface area contributed by atoms with Gasteiger partial charge in [0, 0.05) is 0 Å². The third kappa shape index (κ3) is 3.39. The monoisotopic (exact) mass is 276 g/mol. The van der Waals surface area contributed by atoms with Crippen LogP contribution in [-0.2, 0) is 6.42 Å². The molecule has 0 aliphatic rings. The molecule has 0 saturated heterocycles. The normalized spacial score (nSPS) is 10.5. The first kappa shape index (κ1) is 9.27. The van der Waals surface area contributed by atoms with Crippen molar-refractivity contribution in [2.45, 2.75) is 17.1 Å². The summed E-state index contributed by atoms with van der Waals surface area (Å²) >= 11 is 6.90. The maximum absolute atomic E-state index is 3.45. The van der Waals surface area contributed by atoms with Gasteiger partial charge in [0.2, 0.25) is 0 Å². The number of aryl methyl sites for hydroxylation is 1. The van der Waals surface area contributed by atoms with Crippen LogP contribution in [0.25, 0.3) is 0 Å². The molecule has 0 bridgehead atoms. The van der Waals surface area contributed by atoms with E-state index in [2.05, 4.69) is 63.0 Å². The van der Waals surface area contributed by atoms with Crippen LogP contribution in [0.3, 0.4) is 0 Å². The number of halogens is 2. The minimum atomic E-state index is 0.386. The molecule has 0 aliphatic heterocycles. The second-order valence-electron chi connectivity index (χ2n) is 2.58. The van der Waals surface area contributed by atoms with Gasteiger partial charge < -0.3 is 0 Å². The third-order valence-electron chi connectivity index (χ3n) is 1.47. The Bertz CT molecular complexity index is 231. The summed E-state index contributed by atoms with van der Waals surface area (Å²) in [7, 11) is 0. The number of rotatable bonds is 2. The highest BCUT2D eigenvalue weighted by Crippen LogP contribution is 2.15. The smallest absolute Gasteiger partial charge is 0.0738 e. The number of alkyl halides is 2. The van der Waals surface area contributed by atoms with E-state index in [4.69, 9.17) is 0 Å². The average molecular weight is 278 g/mol. The van der Waals surface area contributed by atoms with E-state index in [1.54, 1.807) is 0 Å². The van der Waals surface area contributed by atoms with Crippen LogP contribution >= 0.6 is 31.9 Å². The van der Waals surface area contributed by atoms with Gasteiger partial charge in [0.25, 0.3) is 0 Å². The zero-order valence-electron chi connectivity index (χ0n) is 6.35. The van der Waals surface area contributed by atoms with Crippen molar-refractivity contribution in [3.05, 3.63) is 35.4 Å². The van der Waals surface area contributed by atoms with E-state index in [0.29, 0.717) is 3.74 Å². The molecule has 0 heterocycles. The van der Waals surface area contributed by atoms with Crippen LogP contribution in [0.1, 0.15) is 11.1 Å². The molecular weight excluding hydrogens is 268 g/mol. The second-order valence-corrected chi connectivity index (χ2v) is 6.02. The first-order valence-electron chi connectivity index (χ1n) is 3.52. The summed E-state index contributed by atoms with van der Waals surface area (Å²) in [4.78, 5) is 0. The largest absolute Gasteiger partial charge is 0.0761 e. The SMILES string of the molecule is Cc1cccc(CC(Br)Br)c1. The lowest BCUT2D eigenvalue weighted by Crippen LogP contribution is -1.92. The fraction of sp³-hybridized carbons (Fsp3) is 0.333. The van der Waals surface area contributed by atoms with Crippen LogP contribution in [0, 0.1) is 6.92 Å². The molecule has 0 spiro atoms. The molecule has 0 amide bonds. The van der Waals surface area contributed by atoms with Crippen molar-refractivity contribution in [1.82, 2.24) is 0 Å². The number of hydrogen-bond acceptors (Lipinski definition) is 0. The Labute approximate surface area is 84.3 Å². The van der Waals surface area contributed by atoms with Gasteiger partial charge in [0.05, 0.1) is 3.74 Å². The van der Waals surface area contributed by atoms with Gasteiger partial charge in [-0.25, -0.2) is 0 Å². The lowest BCUT2D eigenvalue weighted by Gasteiger charge is -2.02. The second kappa shape index (κ2) is 4.27. The molecule has 0 saturated carbocycles. The van der Waals surface area contributed by atoms with Gasteiger partial charge in [-0.1, -0.05) is 61.7 Å². The Hall–Kier alpha value is 0.180. The summed E-state index contributed by atoms with van der Waals surface area (Å²) in [6.45, 7) is 2.11. The number of hydrogen-bond donors (Lipinski definition) is 0. The summed E-state index contributed by atoms with van der Waals surface area (Å²) in [6, 6.07) is 8.55. The molecule has 1 rings (SSSR count). The van der Waals surface area contributed by atoms with Crippen molar-refractivity contribution in [3.8, 4) is 0 Å². The Morgan fingerprint density at radius 1 is 1.36 bits per heavy atom. The molecule has 0 N–H and O–H groups in total. The molecule has 2 heteroatoms. The van der Waals surface area contributed by atoms with Gasteiger partial charge in [-0.15, -0.1) is 0 Å². The maximum Gasteiger partial charge on any atom is 0.0738 e. The highest BCUT2D eigenvalue weighted by atomic mass is 79.9. The lowest BCUT2D eigenvalue weighted by molar-refractivity contribution is 1.12. The predicted molar refractivity (Wildman–Crippen MR) is 56.5 cm³/mol.